The van der Waals surface area contributed by atoms with Gasteiger partial charge in [0.2, 0.25) is 0 Å². The molecule has 3 N–H and O–H groups in total. The molecular formula is C13H29N3O. The molecule has 1 fully saturated rings. The molecule has 0 amide bonds. The number of likely N-dealkylation sites (tertiary alicyclic amines) is 1. The average molecular weight is 243 g/mol. The monoisotopic (exact) mass is 243 g/mol. The third-order valence-corrected chi connectivity index (χ3v) is 3.71. The van der Waals surface area contributed by atoms with E-state index in [0.29, 0.717) is 0 Å². The normalized spacial score (nSPS) is 25.4. The molecule has 0 aromatic carbocycles. The second-order valence-corrected chi connectivity index (χ2v) is 6.09. The van der Waals surface area contributed by atoms with Gasteiger partial charge in [0.1, 0.15) is 0 Å². The van der Waals surface area contributed by atoms with Crippen LogP contribution in [0.1, 0.15) is 26.2 Å². The number of hydrogen-bond donors (Lipinski definition) is 2. The Bertz CT molecular complexity index is 221. The summed E-state index contributed by atoms with van der Waals surface area (Å²) in [6, 6.07) is 0. The van der Waals surface area contributed by atoms with Gasteiger partial charge in [0.25, 0.3) is 0 Å². The van der Waals surface area contributed by atoms with Crippen LogP contribution in [-0.4, -0.2) is 67.3 Å². The van der Waals surface area contributed by atoms with Gasteiger partial charge in [-0.2, -0.15) is 0 Å². The van der Waals surface area contributed by atoms with Gasteiger partial charge in [-0.05, 0) is 59.3 Å². The van der Waals surface area contributed by atoms with Gasteiger partial charge in [-0.1, -0.05) is 0 Å². The number of rotatable bonds is 7. The Morgan fingerprint density at radius 3 is 2.76 bits per heavy atom. The van der Waals surface area contributed by atoms with Crippen molar-refractivity contribution in [3.63, 3.8) is 0 Å². The quantitative estimate of drug-likeness (QED) is 0.678. The fourth-order valence-corrected chi connectivity index (χ4v) is 2.54. The first-order valence-electron chi connectivity index (χ1n) is 6.70. The lowest BCUT2D eigenvalue weighted by Gasteiger charge is -2.25. The van der Waals surface area contributed by atoms with Gasteiger partial charge in [-0.3, -0.25) is 0 Å². The second kappa shape index (κ2) is 6.69. The first-order valence-corrected chi connectivity index (χ1v) is 6.70. The predicted octanol–water partition coefficient (Wildman–Crippen LogP) is 0.360. The minimum atomic E-state index is -0.408. The summed E-state index contributed by atoms with van der Waals surface area (Å²) in [7, 11) is 4.38. The molecule has 1 aliphatic rings. The molecule has 0 aromatic rings. The van der Waals surface area contributed by atoms with E-state index in [-0.39, 0.29) is 6.61 Å². The van der Waals surface area contributed by atoms with Crippen molar-refractivity contribution in [1.29, 1.82) is 0 Å². The first-order chi connectivity index (χ1) is 7.93. The molecule has 0 radical (unpaired) electrons. The highest BCUT2D eigenvalue weighted by molar-refractivity contribution is 4.78. The molecule has 0 bridgehead atoms. The molecule has 1 rings (SSSR count). The highest BCUT2D eigenvalue weighted by atomic mass is 16.3. The van der Waals surface area contributed by atoms with Crippen LogP contribution in [0, 0.1) is 5.92 Å². The van der Waals surface area contributed by atoms with E-state index >= 15 is 0 Å². The van der Waals surface area contributed by atoms with Crippen LogP contribution in [0.5, 0.6) is 0 Å². The topological polar surface area (TPSA) is 52.7 Å². The standard InChI is InChI=1S/C13H29N3O/c1-13(14,11-17)6-4-7-15(2)9-12-5-8-16(3)10-12/h12,17H,4-11,14H2,1-3H3. The Hall–Kier alpha value is -0.160. The summed E-state index contributed by atoms with van der Waals surface area (Å²) >= 11 is 0. The first kappa shape index (κ1) is 14.9. The lowest BCUT2D eigenvalue weighted by molar-refractivity contribution is 0.189. The number of hydrogen-bond acceptors (Lipinski definition) is 4. The third kappa shape index (κ3) is 5.82. The number of aliphatic hydroxyl groups excluding tert-OH is 1. The lowest BCUT2D eigenvalue weighted by Crippen LogP contribution is -2.41. The van der Waals surface area contributed by atoms with Crippen molar-refractivity contribution in [2.75, 3.05) is 46.9 Å². The van der Waals surface area contributed by atoms with Gasteiger partial charge in [0, 0.05) is 18.6 Å². The maximum absolute atomic E-state index is 9.07. The maximum Gasteiger partial charge on any atom is 0.0608 e. The molecule has 0 aromatic heterocycles. The number of aliphatic hydroxyl groups is 1. The zero-order valence-electron chi connectivity index (χ0n) is 11.7. The highest BCUT2D eigenvalue weighted by Crippen LogP contribution is 2.15. The van der Waals surface area contributed by atoms with Crippen molar-refractivity contribution in [3.05, 3.63) is 0 Å². The van der Waals surface area contributed by atoms with Crippen LogP contribution < -0.4 is 5.73 Å². The van der Waals surface area contributed by atoms with E-state index in [2.05, 4.69) is 23.9 Å². The Balaban J connectivity index is 2.11. The summed E-state index contributed by atoms with van der Waals surface area (Å²) < 4.78 is 0. The molecule has 4 nitrogen and oxygen atoms in total. The minimum absolute atomic E-state index is 0.0735. The van der Waals surface area contributed by atoms with E-state index in [9.17, 15) is 0 Å². The highest BCUT2D eigenvalue weighted by Gasteiger charge is 2.21. The minimum Gasteiger partial charge on any atom is -0.394 e. The molecule has 0 aliphatic carbocycles. The van der Waals surface area contributed by atoms with Gasteiger partial charge in [-0.15, -0.1) is 0 Å². The molecule has 17 heavy (non-hydrogen) atoms. The average Bonchev–Trinajstić information content (AvgIpc) is 2.63. The summed E-state index contributed by atoms with van der Waals surface area (Å²) in [5.41, 5.74) is 5.50. The van der Waals surface area contributed by atoms with Crippen LogP contribution in [-0.2, 0) is 0 Å². The molecule has 4 heteroatoms. The molecule has 2 unspecified atom stereocenters. The van der Waals surface area contributed by atoms with Crippen molar-refractivity contribution in [2.45, 2.75) is 31.7 Å². The largest absolute Gasteiger partial charge is 0.394 e. The van der Waals surface area contributed by atoms with Crippen LogP contribution in [0.25, 0.3) is 0 Å². The van der Waals surface area contributed by atoms with Crippen LogP contribution in [0.2, 0.25) is 0 Å². The van der Waals surface area contributed by atoms with Crippen LogP contribution in [0.15, 0.2) is 0 Å². The van der Waals surface area contributed by atoms with Crippen molar-refractivity contribution >= 4 is 0 Å². The van der Waals surface area contributed by atoms with Crippen molar-refractivity contribution in [2.24, 2.45) is 11.7 Å². The van der Waals surface area contributed by atoms with Gasteiger partial charge >= 0.3 is 0 Å². The smallest absolute Gasteiger partial charge is 0.0608 e. The molecule has 1 heterocycles. The Morgan fingerprint density at radius 1 is 1.53 bits per heavy atom. The zero-order valence-corrected chi connectivity index (χ0v) is 11.7. The zero-order chi connectivity index (χ0) is 12.9. The predicted molar refractivity (Wildman–Crippen MR) is 72.0 cm³/mol. The van der Waals surface area contributed by atoms with E-state index in [1.807, 2.05) is 6.92 Å². The number of nitrogens with two attached hydrogens (primary N) is 1. The lowest BCUT2D eigenvalue weighted by atomic mass is 9.98. The van der Waals surface area contributed by atoms with E-state index in [4.69, 9.17) is 10.8 Å². The molecule has 0 spiro atoms. The van der Waals surface area contributed by atoms with Crippen molar-refractivity contribution in [1.82, 2.24) is 9.80 Å². The van der Waals surface area contributed by atoms with Gasteiger partial charge < -0.3 is 20.6 Å². The SMILES string of the molecule is CN(CCCC(C)(N)CO)CC1CCN(C)C1. The van der Waals surface area contributed by atoms with Gasteiger partial charge in [-0.25, -0.2) is 0 Å². The molecule has 1 aliphatic heterocycles. The third-order valence-electron chi connectivity index (χ3n) is 3.71. The van der Waals surface area contributed by atoms with Gasteiger partial charge in [0.05, 0.1) is 6.61 Å². The molecule has 2 atom stereocenters. The summed E-state index contributed by atoms with van der Waals surface area (Å²) in [6.07, 6.45) is 3.27. The summed E-state index contributed by atoms with van der Waals surface area (Å²) in [5, 5.41) is 9.07. The van der Waals surface area contributed by atoms with E-state index < -0.39 is 5.54 Å². The maximum atomic E-state index is 9.07. The van der Waals surface area contributed by atoms with Crippen molar-refractivity contribution in [3.8, 4) is 0 Å². The fourth-order valence-electron chi connectivity index (χ4n) is 2.54. The van der Waals surface area contributed by atoms with Crippen molar-refractivity contribution < 1.29 is 5.11 Å². The second-order valence-electron chi connectivity index (χ2n) is 6.09. The van der Waals surface area contributed by atoms with E-state index in [1.54, 1.807) is 0 Å². The van der Waals surface area contributed by atoms with Gasteiger partial charge in [0.15, 0.2) is 0 Å². The summed E-state index contributed by atoms with van der Waals surface area (Å²) in [6.45, 7) is 6.72. The molecular weight excluding hydrogens is 214 g/mol. The Labute approximate surface area is 106 Å². The number of nitrogens with zero attached hydrogens (tertiary/aromatic N) is 2. The summed E-state index contributed by atoms with van der Waals surface area (Å²) in [4.78, 5) is 4.80. The fraction of sp³-hybridized carbons (Fsp3) is 1.00. The van der Waals surface area contributed by atoms with E-state index in [1.165, 1.54) is 26.1 Å². The summed E-state index contributed by atoms with van der Waals surface area (Å²) in [5.74, 6) is 0.826. The molecule has 1 saturated heterocycles. The van der Waals surface area contributed by atoms with Crippen LogP contribution in [0.4, 0.5) is 0 Å². The van der Waals surface area contributed by atoms with Crippen LogP contribution in [0.3, 0.4) is 0 Å². The van der Waals surface area contributed by atoms with E-state index in [0.717, 1.165) is 25.3 Å². The molecule has 102 valence electrons. The Kier molecular flexibility index (Phi) is 5.86. The Morgan fingerprint density at radius 2 is 2.24 bits per heavy atom. The molecule has 0 saturated carbocycles. The van der Waals surface area contributed by atoms with Crippen LogP contribution >= 0.6 is 0 Å².